The summed E-state index contributed by atoms with van der Waals surface area (Å²) in [6.07, 6.45) is 0.757. The number of rotatable bonds is 33. The molecule has 4 amide bonds. The van der Waals surface area contributed by atoms with E-state index in [1.54, 1.807) is 20.8 Å². The summed E-state index contributed by atoms with van der Waals surface area (Å²) in [4.78, 5) is 59.7. The van der Waals surface area contributed by atoms with Gasteiger partial charge in [0.05, 0.1) is 72.7 Å². The number of ether oxygens (including phenoxy) is 7. The number of carbonyl (C=O) groups excluding carboxylic acids is 4. The quantitative estimate of drug-likeness (QED) is 0.0282. The molecule has 0 unspecified atom stereocenters. The molecule has 3 N–H and O–H groups in total. The predicted molar refractivity (Wildman–Crippen MR) is 185 cm³/mol. The van der Waals surface area contributed by atoms with Crippen LogP contribution in [0, 0.1) is 0 Å². The number of azide groups is 2. The molecule has 0 bridgehead atoms. The van der Waals surface area contributed by atoms with Crippen LogP contribution in [0.4, 0.5) is 4.79 Å². The molecule has 0 saturated heterocycles. The van der Waals surface area contributed by atoms with Gasteiger partial charge in [-0.3, -0.25) is 19.2 Å². The lowest BCUT2D eigenvalue weighted by Gasteiger charge is -2.23. The minimum atomic E-state index is -0.851. The van der Waals surface area contributed by atoms with Crippen molar-refractivity contribution in [2.75, 3.05) is 119 Å². The van der Waals surface area contributed by atoms with Crippen molar-refractivity contribution >= 4 is 23.8 Å². The molecule has 0 aliphatic heterocycles. The molecule has 22 nitrogen and oxygen atoms in total. The first-order valence-corrected chi connectivity index (χ1v) is 16.9. The average Bonchev–Trinajstić information content (AvgIpc) is 3.09. The number of nitrogens with zero attached hydrogens (tertiary/aromatic N) is 7. The first-order chi connectivity index (χ1) is 25.0. The summed E-state index contributed by atoms with van der Waals surface area (Å²) in [5.41, 5.74) is 15.8. The number of carbonyl (C=O) groups is 4. The largest absolute Gasteiger partial charge is 0.442 e. The van der Waals surface area contributed by atoms with Gasteiger partial charge in [-0.05, 0) is 51.1 Å². The first kappa shape index (κ1) is 48.0. The molecule has 0 aromatic carbocycles. The fourth-order valence-electron chi connectivity index (χ4n) is 3.63. The van der Waals surface area contributed by atoms with Gasteiger partial charge in [-0.2, -0.15) is 5.06 Å². The van der Waals surface area contributed by atoms with Crippen molar-refractivity contribution in [2.24, 2.45) is 10.2 Å². The lowest BCUT2D eigenvalue weighted by molar-refractivity contribution is -0.143. The maximum atomic E-state index is 12.9. The van der Waals surface area contributed by atoms with E-state index in [1.807, 2.05) is 0 Å². The van der Waals surface area contributed by atoms with Gasteiger partial charge in [0.25, 0.3) is 0 Å². The summed E-state index contributed by atoms with van der Waals surface area (Å²) in [5.74, 6) is -1.20. The summed E-state index contributed by atoms with van der Waals surface area (Å²) in [6, 6.07) is -0.851. The van der Waals surface area contributed by atoms with Gasteiger partial charge in [0, 0.05) is 43.1 Å². The second kappa shape index (κ2) is 32.9. The van der Waals surface area contributed by atoms with E-state index < -0.39 is 29.6 Å². The van der Waals surface area contributed by atoms with Crippen LogP contribution < -0.4 is 16.0 Å². The zero-order valence-corrected chi connectivity index (χ0v) is 30.7. The van der Waals surface area contributed by atoms with E-state index in [1.165, 1.54) is 7.05 Å². The molecule has 0 rings (SSSR count). The molecule has 0 radical (unpaired) electrons. The van der Waals surface area contributed by atoms with Gasteiger partial charge in [-0.15, -0.1) is 0 Å². The third kappa shape index (κ3) is 32.0. The van der Waals surface area contributed by atoms with Crippen molar-refractivity contribution in [2.45, 2.75) is 51.7 Å². The number of hydrogen-bond acceptors (Lipinski definition) is 14. The molecule has 1 atom stereocenters. The van der Waals surface area contributed by atoms with Crippen LogP contribution in [0.5, 0.6) is 0 Å². The van der Waals surface area contributed by atoms with Crippen molar-refractivity contribution in [3.63, 3.8) is 0 Å². The number of unbranched alkanes of at least 4 members (excludes halogenated alkanes) is 1. The lowest BCUT2D eigenvalue weighted by atomic mass is 10.1. The van der Waals surface area contributed by atoms with Gasteiger partial charge in [0.1, 0.15) is 24.9 Å². The highest BCUT2D eigenvalue weighted by molar-refractivity contribution is 5.88. The Morgan fingerprint density at radius 2 is 1.19 bits per heavy atom. The van der Waals surface area contributed by atoms with Crippen molar-refractivity contribution < 1.29 is 57.2 Å². The Labute approximate surface area is 304 Å². The van der Waals surface area contributed by atoms with Crippen LogP contribution in [0.15, 0.2) is 10.2 Å². The Bertz CT molecular complexity index is 1090. The third-order valence-corrected chi connectivity index (χ3v) is 5.98. The molecule has 298 valence electrons. The third-order valence-electron chi connectivity index (χ3n) is 5.98. The fraction of sp³-hybridized carbons (Fsp3) is 0.867. The van der Waals surface area contributed by atoms with Crippen LogP contribution in [0.25, 0.3) is 20.9 Å². The first-order valence-electron chi connectivity index (χ1n) is 16.9. The number of hydroxylamine groups is 2. The predicted octanol–water partition coefficient (Wildman–Crippen LogP) is 1.39. The standard InChI is InChI=1S/C30H56N10O12/c1-30(2,3)52-29(44)40(4)51-22-21-48-16-15-45-12-9-34-28(43)25(37-27(42)24-50-20-18-47-14-11-36-39-32)7-5-6-8-33-26(41)23-49-19-17-46-13-10-35-38-31/h25H,5-24H2,1-4H3,(H,33,41)(H,34,43)(H,37,42)/t25-/m1/s1. The Balaban J connectivity index is 4.41. The molecule has 0 heterocycles. The van der Waals surface area contributed by atoms with Gasteiger partial charge in [-0.1, -0.05) is 10.2 Å². The molecule has 22 heteroatoms. The summed E-state index contributed by atoms with van der Waals surface area (Å²) in [5, 5.41) is 15.8. The summed E-state index contributed by atoms with van der Waals surface area (Å²) in [7, 11) is 1.45. The maximum Gasteiger partial charge on any atom is 0.434 e. The highest BCUT2D eigenvalue weighted by Crippen LogP contribution is 2.09. The maximum absolute atomic E-state index is 12.9. The molecule has 0 saturated carbocycles. The number of amides is 4. The van der Waals surface area contributed by atoms with E-state index in [0.29, 0.717) is 25.8 Å². The molecule has 0 aromatic rings. The van der Waals surface area contributed by atoms with Gasteiger partial charge >= 0.3 is 6.09 Å². The molecule has 52 heavy (non-hydrogen) atoms. The monoisotopic (exact) mass is 748 g/mol. The normalized spacial score (nSPS) is 11.5. The molecule has 0 spiro atoms. The van der Waals surface area contributed by atoms with Crippen molar-refractivity contribution in [3.8, 4) is 0 Å². The molecule has 0 fully saturated rings. The summed E-state index contributed by atoms with van der Waals surface area (Å²) >= 11 is 0. The van der Waals surface area contributed by atoms with E-state index in [9.17, 15) is 19.2 Å². The van der Waals surface area contributed by atoms with Gasteiger partial charge < -0.3 is 49.1 Å². The fourth-order valence-corrected chi connectivity index (χ4v) is 3.63. The highest BCUT2D eigenvalue weighted by Gasteiger charge is 2.21. The van der Waals surface area contributed by atoms with E-state index in [-0.39, 0.29) is 111 Å². The van der Waals surface area contributed by atoms with Gasteiger partial charge in [0.2, 0.25) is 17.7 Å². The Morgan fingerprint density at radius 3 is 1.77 bits per heavy atom. The van der Waals surface area contributed by atoms with Crippen LogP contribution in [0.2, 0.25) is 0 Å². The smallest absolute Gasteiger partial charge is 0.434 e. The second-order valence-corrected chi connectivity index (χ2v) is 11.5. The van der Waals surface area contributed by atoms with E-state index in [0.717, 1.165) is 5.06 Å². The lowest BCUT2D eigenvalue weighted by Crippen LogP contribution is -2.48. The molecule has 0 aliphatic rings. The number of nitrogens with one attached hydrogen (secondary N) is 3. The molecule has 0 aliphatic carbocycles. The summed E-state index contributed by atoms with van der Waals surface area (Å²) < 4.78 is 37.0. The van der Waals surface area contributed by atoms with Crippen molar-refractivity contribution in [3.05, 3.63) is 20.9 Å². The zero-order valence-electron chi connectivity index (χ0n) is 30.7. The zero-order chi connectivity index (χ0) is 38.7. The highest BCUT2D eigenvalue weighted by atomic mass is 16.7. The number of hydrogen-bond donors (Lipinski definition) is 3. The van der Waals surface area contributed by atoms with Crippen molar-refractivity contribution in [1.82, 2.24) is 21.0 Å². The van der Waals surface area contributed by atoms with Crippen LogP contribution >= 0.6 is 0 Å². The van der Waals surface area contributed by atoms with Crippen molar-refractivity contribution in [1.29, 1.82) is 0 Å². The van der Waals surface area contributed by atoms with E-state index in [4.69, 9.17) is 49.1 Å². The second-order valence-electron chi connectivity index (χ2n) is 11.5. The van der Waals surface area contributed by atoms with Crippen LogP contribution in [0.1, 0.15) is 40.0 Å². The Hall–Kier alpha value is -3.98. The van der Waals surface area contributed by atoms with E-state index >= 15 is 0 Å². The summed E-state index contributed by atoms with van der Waals surface area (Å²) in [6.45, 7) is 8.15. The Morgan fingerprint density at radius 1 is 0.673 bits per heavy atom. The van der Waals surface area contributed by atoms with Crippen LogP contribution in [0.3, 0.4) is 0 Å². The average molecular weight is 749 g/mol. The van der Waals surface area contributed by atoms with Crippen LogP contribution in [-0.4, -0.2) is 160 Å². The molecular weight excluding hydrogens is 692 g/mol. The minimum absolute atomic E-state index is 0.131. The Kier molecular flexibility index (Phi) is 30.4. The molecule has 0 aromatic heterocycles. The van der Waals surface area contributed by atoms with E-state index in [2.05, 4.69) is 36.0 Å². The molecular formula is C30H56N10O12. The minimum Gasteiger partial charge on any atom is -0.442 e. The van der Waals surface area contributed by atoms with Gasteiger partial charge in [0.15, 0.2) is 0 Å². The topological polar surface area (TPSA) is 279 Å². The van der Waals surface area contributed by atoms with Gasteiger partial charge in [-0.25, -0.2) is 4.79 Å². The van der Waals surface area contributed by atoms with Crippen LogP contribution in [-0.2, 0) is 52.4 Å². The SMILES string of the molecule is CN(OCCOCCOCCNC(=O)[C@@H](CCCCNC(=O)COCCOCCN=[N+]=[N-])NC(=O)COCCOCCN=[N+]=[N-])C(=O)OC(C)(C)C.